The van der Waals surface area contributed by atoms with Gasteiger partial charge in [0.1, 0.15) is 6.54 Å². The van der Waals surface area contributed by atoms with Crippen LogP contribution in [0.5, 0.6) is 0 Å². The van der Waals surface area contributed by atoms with Gasteiger partial charge in [0.15, 0.2) is 0 Å². The van der Waals surface area contributed by atoms with Crippen LogP contribution in [0.3, 0.4) is 0 Å². The quantitative estimate of drug-likeness (QED) is 0.691. The summed E-state index contributed by atoms with van der Waals surface area (Å²) in [6.07, 6.45) is 2.92. The SMILES string of the molecule is O=C(Cn1ccc2ccccc21)N1CCN(C(=O)[C@H]2C[C@H]2c2ccccc2)CC1. The largest absolute Gasteiger partial charge is 0.339 e. The molecule has 0 N–H and O–H groups in total. The maximum atomic E-state index is 12.8. The summed E-state index contributed by atoms with van der Waals surface area (Å²) in [6.45, 7) is 2.85. The molecule has 29 heavy (non-hydrogen) atoms. The number of hydrogen-bond acceptors (Lipinski definition) is 2. The molecule has 3 aromatic rings. The Balaban J connectivity index is 1.15. The molecular formula is C24H25N3O2. The number of amides is 2. The van der Waals surface area contributed by atoms with Crippen LogP contribution in [0.1, 0.15) is 17.9 Å². The number of para-hydroxylation sites is 1. The lowest BCUT2D eigenvalue weighted by molar-refractivity contribution is -0.140. The summed E-state index contributed by atoms with van der Waals surface area (Å²) in [5.41, 5.74) is 2.34. The molecule has 1 saturated carbocycles. The molecule has 1 aliphatic carbocycles. The van der Waals surface area contributed by atoms with E-state index in [-0.39, 0.29) is 17.7 Å². The average molecular weight is 387 g/mol. The van der Waals surface area contributed by atoms with Crippen molar-refractivity contribution in [1.29, 1.82) is 0 Å². The minimum Gasteiger partial charge on any atom is -0.339 e. The molecule has 2 heterocycles. The van der Waals surface area contributed by atoms with Gasteiger partial charge in [-0.25, -0.2) is 0 Å². The standard InChI is InChI=1S/C24H25N3O2/c28-23(17-27-11-10-19-8-4-5-9-22(19)27)25-12-14-26(15-13-25)24(29)21-16-20(21)18-6-2-1-3-7-18/h1-11,20-21H,12-17H2/t20-,21-/m0/s1. The van der Waals surface area contributed by atoms with Crippen LogP contribution in [-0.2, 0) is 16.1 Å². The van der Waals surface area contributed by atoms with E-state index in [1.807, 2.05) is 63.0 Å². The Morgan fingerprint density at radius 2 is 1.52 bits per heavy atom. The summed E-state index contributed by atoms with van der Waals surface area (Å²) in [7, 11) is 0. The minimum atomic E-state index is 0.117. The van der Waals surface area contributed by atoms with E-state index in [1.54, 1.807) is 0 Å². The van der Waals surface area contributed by atoms with Crippen LogP contribution >= 0.6 is 0 Å². The lowest BCUT2D eigenvalue weighted by Crippen LogP contribution is -2.51. The molecule has 148 valence electrons. The van der Waals surface area contributed by atoms with Crippen LogP contribution < -0.4 is 0 Å². The Labute approximate surface area is 170 Å². The van der Waals surface area contributed by atoms with Crippen molar-refractivity contribution < 1.29 is 9.59 Å². The van der Waals surface area contributed by atoms with E-state index in [4.69, 9.17) is 0 Å². The summed E-state index contributed by atoms with van der Waals surface area (Å²) in [6, 6.07) is 20.4. The van der Waals surface area contributed by atoms with Gasteiger partial charge in [0, 0.05) is 43.8 Å². The van der Waals surface area contributed by atoms with Gasteiger partial charge in [0.05, 0.1) is 0 Å². The number of carbonyl (C=O) groups is 2. The zero-order chi connectivity index (χ0) is 19.8. The average Bonchev–Trinajstić information content (AvgIpc) is 3.49. The second-order valence-corrected chi connectivity index (χ2v) is 8.07. The molecule has 2 amide bonds. The predicted octanol–water partition coefficient (Wildman–Crippen LogP) is 3.12. The van der Waals surface area contributed by atoms with E-state index in [0.29, 0.717) is 38.6 Å². The third-order valence-electron chi connectivity index (χ3n) is 6.27. The number of benzene rings is 2. The molecule has 2 atom stereocenters. The monoisotopic (exact) mass is 387 g/mol. The molecule has 2 aromatic carbocycles. The van der Waals surface area contributed by atoms with E-state index >= 15 is 0 Å². The van der Waals surface area contributed by atoms with Gasteiger partial charge in [-0.3, -0.25) is 9.59 Å². The first-order chi connectivity index (χ1) is 14.2. The van der Waals surface area contributed by atoms with Gasteiger partial charge in [-0.05, 0) is 35.4 Å². The summed E-state index contributed by atoms with van der Waals surface area (Å²) in [4.78, 5) is 29.4. The predicted molar refractivity (Wildman–Crippen MR) is 112 cm³/mol. The van der Waals surface area contributed by atoms with Crippen molar-refractivity contribution >= 4 is 22.7 Å². The van der Waals surface area contributed by atoms with Crippen LogP contribution in [0.4, 0.5) is 0 Å². The van der Waals surface area contributed by atoms with Gasteiger partial charge in [-0.15, -0.1) is 0 Å². The van der Waals surface area contributed by atoms with E-state index in [1.165, 1.54) is 5.56 Å². The number of piperazine rings is 1. The minimum absolute atomic E-state index is 0.117. The van der Waals surface area contributed by atoms with Gasteiger partial charge >= 0.3 is 0 Å². The zero-order valence-electron chi connectivity index (χ0n) is 16.4. The van der Waals surface area contributed by atoms with Crippen molar-refractivity contribution in [1.82, 2.24) is 14.4 Å². The van der Waals surface area contributed by atoms with Crippen molar-refractivity contribution in [3.05, 3.63) is 72.4 Å². The van der Waals surface area contributed by atoms with Gasteiger partial charge in [0.25, 0.3) is 0 Å². The molecule has 0 bridgehead atoms. The fraction of sp³-hybridized carbons (Fsp3) is 0.333. The third kappa shape index (κ3) is 3.53. The van der Waals surface area contributed by atoms with Gasteiger partial charge in [-0.1, -0.05) is 48.5 Å². The summed E-state index contributed by atoms with van der Waals surface area (Å²) in [5.74, 6) is 0.852. The lowest BCUT2D eigenvalue weighted by atomic mass is 10.1. The first kappa shape index (κ1) is 18.0. The van der Waals surface area contributed by atoms with E-state index in [9.17, 15) is 9.59 Å². The fourth-order valence-electron chi connectivity index (χ4n) is 4.47. The summed E-state index contributed by atoms with van der Waals surface area (Å²) < 4.78 is 2.00. The summed E-state index contributed by atoms with van der Waals surface area (Å²) in [5, 5.41) is 1.15. The second-order valence-electron chi connectivity index (χ2n) is 8.07. The van der Waals surface area contributed by atoms with Crippen molar-refractivity contribution in [2.75, 3.05) is 26.2 Å². The highest BCUT2D eigenvalue weighted by atomic mass is 16.2. The highest BCUT2D eigenvalue weighted by Crippen LogP contribution is 2.48. The molecule has 5 rings (SSSR count). The second kappa shape index (κ2) is 7.39. The number of aromatic nitrogens is 1. The normalized spacial score (nSPS) is 21.4. The topological polar surface area (TPSA) is 45.6 Å². The van der Waals surface area contributed by atoms with E-state index < -0.39 is 0 Å². The number of nitrogens with zero attached hydrogens (tertiary/aromatic N) is 3. The highest BCUT2D eigenvalue weighted by molar-refractivity contribution is 5.85. The first-order valence-electron chi connectivity index (χ1n) is 10.4. The van der Waals surface area contributed by atoms with Crippen LogP contribution in [0.25, 0.3) is 10.9 Å². The van der Waals surface area contributed by atoms with E-state index in [2.05, 4.69) is 18.2 Å². The number of hydrogen-bond donors (Lipinski definition) is 0. The maximum Gasteiger partial charge on any atom is 0.242 e. The lowest BCUT2D eigenvalue weighted by Gasteiger charge is -2.35. The van der Waals surface area contributed by atoms with Crippen LogP contribution in [0.15, 0.2) is 66.9 Å². The molecule has 2 aliphatic rings. The van der Waals surface area contributed by atoms with E-state index in [0.717, 1.165) is 17.3 Å². The number of carbonyl (C=O) groups excluding carboxylic acids is 2. The molecule has 2 fully saturated rings. The van der Waals surface area contributed by atoms with Gasteiger partial charge in [0.2, 0.25) is 11.8 Å². The Kier molecular flexibility index (Phi) is 4.58. The molecule has 1 aromatic heterocycles. The van der Waals surface area contributed by atoms with Crippen LogP contribution in [0.2, 0.25) is 0 Å². The van der Waals surface area contributed by atoms with Gasteiger partial charge < -0.3 is 14.4 Å². The smallest absolute Gasteiger partial charge is 0.242 e. The Morgan fingerprint density at radius 1 is 0.828 bits per heavy atom. The van der Waals surface area contributed by atoms with Gasteiger partial charge in [-0.2, -0.15) is 0 Å². The van der Waals surface area contributed by atoms with Crippen LogP contribution in [0, 0.1) is 5.92 Å². The Morgan fingerprint density at radius 3 is 2.31 bits per heavy atom. The number of fused-ring (bicyclic) bond motifs is 1. The molecule has 0 unspecified atom stereocenters. The first-order valence-corrected chi connectivity index (χ1v) is 10.4. The molecule has 1 saturated heterocycles. The molecule has 5 heteroatoms. The summed E-state index contributed by atoms with van der Waals surface area (Å²) >= 11 is 0. The maximum absolute atomic E-state index is 12.8. The van der Waals surface area contributed by atoms with Crippen molar-refractivity contribution in [2.45, 2.75) is 18.9 Å². The third-order valence-corrected chi connectivity index (χ3v) is 6.27. The fourth-order valence-corrected chi connectivity index (χ4v) is 4.47. The Hall–Kier alpha value is -3.08. The van der Waals surface area contributed by atoms with Crippen LogP contribution in [-0.4, -0.2) is 52.4 Å². The molecule has 1 aliphatic heterocycles. The molecule has 0 spiro atoms. The van der Waals surface area contributed by atoms with Crippen molar-refractivity contribution in [3.8, 4) is 0 Å². The molecular weight excluding hydrogens is 362 g/mol. The highest BCUT2D eigenvalue weighted by Gasteiger charge is 2.46. The molecule has 0 radical (unpaired) electrons. The van der Waals surface area contributed by atoms with Crippen molar-refractivity contribution in [2.24, 2.45) is 5.92 Å². The zero-order valence-corrected chi connectivity index (χ0v) is 16.4. The number of rotatable bonds is 4. The molecule has 5 nitrogen and oxygen atoms in total. The van der Waals surface area contributed by atoms with Crippen molar-refractivity contribution in [3.63, 3.8) is 0 Å². The Bertz CT molecular complexity index is 1030.